The van der Waals surface area contributed by atoms with E-state index in [-0.39, 0.29) is 17.9 Å². The van der Waals surface area contributed by atoms with E-state index < -0.39 is 0 Å². The summed E-state index contributed by atoms with van der Waals surface area (Å²) in [6.07, 6.45) is 0. The van der Waals surface area contributed by atoms with E-state index in [1.807, 2.05) is 77.7 Å². The summed E-state index contributed by atoms with van der Waals surface area (Å²) < 4.78 is 13.1. The number of carbonyl (C=O) groups excluding carboxylic acids is 1. The van der Waals surface area contributed by atoms with Crippen LogP contribution in [0.4, 0.5) is 9.18 Å². The Morgan fingerprint density at radius 1 is 0.800 bits per heavy atom. The van der Waals surface area contributed by atoms with E-state index in [2.05, 4.69) is 10.2 Å². The molecule has 1 aliphatic rings. The fourth-order valence-corrected chi connectivity index (χ4v) is 3.82. The highest BCUT2D eigenvalue weighted by molar-refractivity contribution is 5.75. The van der Waals surface area contributed by atoms with E-state index in [0.29, 0.717) is 13.1 Å². The Bertz CT molecular complexity index is 900. The maximum absolute atomic E-state index is 13.1. The first kappa shape index (κ1) is 20.1. The van der Waals surface area contributed by atoms with E-state index >= 15 is 0 Å². The number of hydrogen-bond acceptors (Lipinski definition) is 2. The summed E-state index contributed by atoms with van der Waals surface area (Å²) in [5.74, 6) is -0.216. The van der Waals surface area contributed by atoms with Gasteiger partial charge in [-0.15, -0.1) is 0 Å². The molecule has 1 N–H and O–H groups in total. The summed E-state index contributed by atoms with van der Waals surface area (Å²) in [4.78, 5) is 17.2. The summed E-state index contributed by atoms with van der Waals surface area (Å²) in [5.41, 5.74) is 3.21. The van der Waals surface area contributed by atoms with Crippen LogP contribution in [0.5, 0.6) is 0 Å². The van der Waals surface area contributed by atoms with Crippen LogP contribution < -0.4 is 5.32 Å². The molecule has 30 heavy (non-hydrogen) atoms. The van der Waals surface area contributed by atoms with Gasteiger partial charge in [0.1, 0.15) is 5.82 Å². The molecule has 0 spiro atoms. The second-order valence-electron chi connectivity index (χ2n) is 7.59. The first-order valence-electron chi connectivity index (χ1n) is 10.3. The number of halogens is 1. The van der Waals surface area contributed by atoms with Crippen LogP contribution in [0.15, 0.2) is 84.9 Å². The number of benzene rings is 3. The first-order chi connectivity index (χ1) is 14.7. The first-order valence-corrected chi connectivity index (χ1v) is 10.3. The van der Waals surface area contributed by atoms with Gasteiger partial charge in [-0.3, -0.25) is 4.90 Å². The van der Waals surface area contributed by atoms with Crippen molar-refractivity contribution in [2.24, 2.45) is 0 Å². The average Bonchev–Trinajstić information content (AvgIpc) is 2.80. The molecule has 0 radical (unpaired) electrons. The normalized spacial score (nSPS) is 14.7. The summed E-state index contributed by atoms with van der Waals surface area (Å²) >= 11 is 0. The molecule has 1 heterocycles. The summed E-state index contributed by atoms with van der Waals surface area (Å²) in [7, 11) is 0. The number of nitrogens with zero attached hydrogens (tertiary/aromatic N) is 2. The monoisotopic (exact) mass is 403 g/mol. The van der Waals surface area contributed by atoms with E-state index in [0.717, 1.165) is 36.3 Å². The van der Waals surface area contributed by atoms with Crippen molar-refractivity contribution < 1.29 is 9.18 Å². The molecule has 154 valence electrons. The van der Waals surface area contributed by atoms with Gasteiger partial charge in [0.05, 0.1) is 6.04 Å². The molecule has 0 unspecified atom stereocenters. The van der Waals surface area contributed by atoms with Crippen molar-refractivity contribution in [2.75, 3.05) is 26.2 Å². The lowest BCUT2D eigenvalue weighted by molar-refractivity contribution is 0.134. The molecule has 3 aromatic rings. The van der Waals surface area contributed by atoms with Gasteiger partial charge in [-0.1, -0.05) is 72.8 Å². The van der Waals surface area contributed by atoms with Crippen LogP contribution in [0.1, 0.15) is 22.7 Å². The number of nitrogens with one attached hydrogen (secondary N) is 1. The molecular weight excluding hydrogens is 377 g/mol. The van der Waals surface area contributed by atoms with Crippen LogP contribution in [0.3, 0.4) is 0 Å². The van der Waals surface area contributed by atoms with Crippen LogP contribution >= 0.6 is 0 Å². The number of rotatable bonds is 5. The Hall–Kier alpha value is -3.18. The van der Waals surface area contributed by atoms with E-state index in [4.69, 9.17) is 0 Å². The molecule has 1 aliphatic heterocycles. The lowest BCUT2D eigenvalue weighted by Crippen LogP contribution is -2.52. The highest BCUT2D eigenvalue weighted by Gasteiger charge is 2.24. The number of amides is 2. The summed E-state index contributed by atoms with van der Waals surface area (Å²) in [6.45, 7) is 3.71. The minimum atomic E-state index is -0.216. The third kappa shape index (κ3) is 5.05. The van der Waals surface area contributed by atoms with Gasteiger partial charge in [-0.05, 0) is 28.8 Å². The fraction of sp³-hybridized carbons (Fsp3) is 0.240. The fourth-order valence-electron chi connectivity index (χ4n) is 3.82. The van der Waals surface area contributed by atoms with Crippen molar-refractivity contribution in [1.82, 2.24) is 15.1 Å². The molecule has 2 amide bonds. The third-order valence-electron chi connectivity index (χ3n) is 5.51. The molecule has 1 fully saturated rings. The second kappa shape index (κ2) is 9.55. The van der Waals surface area contributed by atoms with Crippen molar-refractivity contribution >= 4 is 6.03 Å². The Morgan fingerprint density at radius 2 is 1.33 bits per heavy atom. The van der Waals surface area contributed by atoms with Crippen molar-refractivity contribution in [3.63, 3.8) is 0 Å². The van der Waals surface area contributed by atoms with Gasteiger partial charge >= 0.3 is 6.03 Å². The molecule has 5 heteroatoms. The van der Waals surface area contributed by atoms with Crippen LogP contribution in [0.2, 0.25) is 0 Å². The van der Waals surface area contributed by atoms with Crippen LogP contribution in [0.25, 0.3) is 0 Å². The largest absolute Gasteiger partial charge is 0.327 e. The van der Waals surface area contributed by atoms with Crippen molar-refractivity contribution in [2.45, 2.75) is 12.6 Å². The standard InChI is InChI=1S/C25H26FN3O/c26-23-13-11-20(12-14-23)19-28-15-17-29(18-16-28)25(30)27-24(21-7-3-1-4-8-21)22-9-5-2-6-10-22/h1-14,24H,15-19H2,(H,27,30). The molecular formula is C25H26FN3O. The van der Waals surface area contributed by atoms with E-state index in [9.17, 15) is 9.18 Å². The van der Waals surface area contributed by atoms with Crippen LogP contribution in [-0.4, -0.2) is 42.0 Å². The number of hydrogen-bond donors (Lipinski definition) is 1. The zero-order chi connectivity index (χ0) is 20.8. The number of urea groups is 1. The molecule has 0 aromatic heterocycles. The molecule has 0 saturated carbocycles. The predicted molar refractivity (Wildman–Crippen MR) is 117 cm³/mol. The Balaban J connectivity index is 1.37. The van der Waals surface area contributed by atoms with Gasteiger partial charge in [0.2, 0.25) is 0 Å². The molecule has 4 nitrogen and oxygen atoms in total. The van der Waals surface area contributed by atoms with Gasteiger partial charge in [0.15, 0.2) is 0 Å². The quantitative estimate of drug-likeness (QED) is 0.684. The zero-order valence-corrected chi connectivity index (χ0v) is 16.9. The number of piperazine rings is 1. The van der Waals surface area contributed by atoms with Gasteiger partial charge in [0, 0.05) is 32.7 Å². The molecule has 0 aliphatic carbocycles. The second-order valence-corrected chi connectivity index (χ2v) is 7.59. The zero-order valence-electron chi connectivity index (χ0n) is 16.9. The topological polar surface area (TPSA) is 35.6 Å². The Morgan fingerprint density at radius 3 is 1.87 bits per heavy atom. The van der Waals surface area contributed by atoms with Crippen molar-refractivity contribution in [1.29, 1.82) is 0 Å². The maximum Gasteiger partial charge on any atom is 0.318 e. The minimum absolute atomic E-state index is 0.0471. The van der Waals surface area contributed by atoms with Crippen LogP contribution in [-0.2, 0) is 6.54 Å². The molecule has 4 rings (SSSR count). The molecule has 0 bridgehead atoms. The Labute approximate surface area is 176 Å². The van der Waals surface area contributed by atoms with Gasteiger partial charge in [-0.2, -0.15) is 0 Å². The van der Waals surface area contributed by atoms with Crippen molar-refractivity contribution in [3.05, 3.63) is 107 Å². The molecule has 1 saturated heterocycles. The Kier molecular flexibility index (Phi) is 6.40. The lowest BCUT2D eigenvalue weighted by Gasteiger charge is -2.35. The molecule has 3 aromatic carbocycles. The smallest absolute Gasteiger partial charge is 0.318 e. The predicted octanol–water partition coefficient (Wildman–Crippen LogP) is 4.44. The highest BCUT2D eigenvalue weighted by atomic mass is 19.1. The maximum atomic E-state index is 13.1. The third-order valence-corrected chi connectivity index (χ3v) is 5.51. The molecule has 0 atom stereocenters. The van der Waals surface area contributed by atoms with E-state index in [1.165, 1.54) is 12.1 Å². The van der Waals surface area contributed by atoms with Crippen molar-refractivity contribution in [3.8, 4) is 0 Å². The number of carbonyl (C=O) groups is 1. The average molecular weight is 404 g/mol. The van der Waals surface area contributed by atoms with Gasteiger partial charge < -0.3 is 10.2 Å². The van der Waals surface area contributed by atoms with Crippen LogP contribution in [0, 0.1) is 5.82 Å². The lowest BCUT2D eigenvalue weighted by atomic mass is 9.99. The van der Waals surface area contributed by atoms with Gasteiger partial charge in [-0.25, -0.2) is 9.18 Å². The summed E-state index contributed by atoms with van der Waals surface area (Å²) in [5, 5.41) is 3.22. The SMILES string of the molecule is O=C(NC(c1ccccc1)c1ccccc1)N1CCN(Cc2ccc(F)cc2)CC1. The van der Waals surface area contributed by atoms with Gasteiger partial charge in [0.25, 0.3) is 0 Å². The van der Waals surface area contributed by atoms with E-state index in [1.54, 1.807) is 0 Å². The minimum Gasteiger partial charge on any atom is -0.327 e. The highest BCUT2D eigenvalue weighted by Crippen LogP contribution is 2.22. The summed E-state index contributed by atoms with van der Waals surface area (Å²) in [6, 6.07) is 26.5.